The molecule has 0 unspecified atom stereocenters. The van der Waals surface area contributed by atoms with Crippen molar-refractivity contribution in [1.29, 1.82) is 0 Å². The summed E-state index contributed by atoms with van der Waals surface area (Å²) in [4.78, 5) is 24.1. The van der Waals surface area contributed by atoms with Crippen LogP contribution >= 0.6 is 11.3 Å². The molecule has 0 aliphatic carbocycles. The van der Waals surface area contributed by atoms with Crippen LogP contribution in [0.5, 0.6) is 0 Å². The van der Waals surface area contributed by atoms with Crippen LogP contribution in [0.1, 0.15) is 38.6 Å². The van der Waals surface area contributed by atoms with Crippen LogP contribution in [0.15, 0.2) is 47.1 Å². The molecule has 1 amide bonds. The predicted octanol–water partition coefficient (Wildman–Crippen LogP) is 5.36. The van der Waals surface area contributed by atoms with E-state index in [1.54, 1.807) is 23.4 Å². The number of carbonyl (C=O) groups is 1. The normalized spacial score (nSPS) is 11.1. The van der Waals surface area contributed by atoms with Gasteiger partial charge in [0.2, 0.25) is 0 Å². The van der Waals surface area contributed by atoms with E-state index in [9.17, 15) is 4.79 Å². The van der Waals surface area contributed by atoms with Gasteiger partial charge in [0.15, 0.2) is 5.13 Å². The number of amides is 1. The van der Waals surface area contributed by atoms with Crippen LogP contribution in [-0.4, -0.2) is 15.9 Å². The van der Waals surface area contributed by atoms with Crippen LogP contribution in [-0.2, 0) is 6.54 Å². The molecule has 0 spiro atoms. The lowest BCUT2D eigenvalue weighted by Crippen LogP contribution is -2.30. The zero-order valence-corrected chi connectivity index (χ0v) is 17.1. The molecule has 0 N–H and O–H groups in total. The van der Waals surface area contributed by atoms with E-state index >= 15 is 0 Å². The number of anilines is 1. The van der Waals surface area contributed by atoms with Crippen molar-refractivity contribution in [3.05, 3.63) is 76.5 Å². The van der Waals surface area contributed by atoms with Crippen molar-refractivity contribution in [2.24, 2.45) is 0 Å². The number of benzene rings is 1. The Balaban J connectivity index is 1.82. The lowest BCUT2D eigenvalue weighted by molar-refractivity contribution is 0.0983. The highest BCUT2D eigenvalue weighted by Crippen LogP contribution is 2.33. The number of aryl methyl sites for hydroxylation is 4. The summed E-state index contributed by atoms with van der Waals surface area (Å²) >= 11 is 1.53. The Hall–Kier alpha value is -2.99. The van der Waals surface area contributed by atoms with Crippen LogP contribution in [0.4, 0.5) is 5.13 Å². The van der Waals surface area contributed by atoms with Gasteiger partial charge in [0.25, 0.3) is 5.91 Å². The highest BCUT2D eigenvalue weighted by atomic mass is 32.1. The molecule has 3 aromatic heterocycles. The minimum absolute atomic E-state index is 0.119. The molecule has 0 bridgehead atoms. The van der Waals surface area contributed by atoms with Crippen LogP contribution in [0.3, 0.4) is 0 Å². The Labute approximate surface area is 167 Å². The van der Waals surface area contributed by atoms with Crippen molar-refractivity contribution >= 4 is 32.6 Å². The molecule has 0 aliphatic heterocycles. The number of carbonyl (C=O) groups excluding carboxylic acids is 1. The molecule has 0 aliphatic rings. The molecule has 0 atom stereocenters. The van der Waals surface area contributed by atoms with Crippen molar-refractivity contribution in [1.82, 2.24) is 9.97 Å². The monoisotopic (exact) mass is 391 g/mol. The number of hydrogen-bond acceptors (Lipinski definition) is 5. The van der Waals surface area contributed by atoms with Crippen LogP contribution in [0, 0.1) is 27.7 Å². The summed E-state index contributed by atoms with van der Waals surface area (Å²) in [7, 11) is 0. The molecule has 1 aromatic carbocycles. The first-order valence-electron chi connectivity index (χ1n) is 9.08. The minimum Gasteiger partial charge on any atom is -0.466 e. The first-order valence-corrected chi connectivity index (χ1v) is 9.90. The summed E-state index contributed by atoms with van der Waals surface area (Å²) in [6, 6.07) is 9.78. The lowest BCUT2D eigenvalue weighted by Gasteiger charge is -2.19. The predicted molar refractivity (Wildman–Crippen MR) is 112 cm³/mol. The summed E-state index contributed by atoms with van der Waals surface area (Å²) < 4.78 is 6.66. The van der Waals surface area contributed by atoms with E-state index in [0.29, 0.717) is 23.0 Å². The molecule has 3 heterocycles. The molecule has 0 radical (unpaired) electrons. The number of pyridine rings is 1. The summed E-state index contributed by atoms with van der Waals surface area (Å²) in [6.45, 7) is 8.20. The number of nitrogens with zero attached hydrogens (tertiary/aromatic N) is 3. The van der Waals surface area contributed by atoms with E-state index < -0.39 is 0 Å². The maximum atomic E-state index is 13.4. The van der Waals surface area contributed by atoms with E-state index in [1.165, 1.54) is 16.9 Å². The Kier molecular flexibility index (Phi) is 4.73. The molecular formula is C22H21N3O2S. The molecule has 0 saturated carbocycles. The van der Waals surface area contributed by atoms with Gasteiger partial charge >= 0.3 is 0 Å². The molecule has 4 aromatic rings. The van der Waals surface area contributed by atoms with Crippen LogP contribution in [0.25, 0.3) is 10.2 Å². The van der Waals surface area contributed by atoms with Gasteiger partial charge in [-0.15, -0.1) is 0 Å². The Morgan fingerprint density at radius 3 is 2.68 bits per heavy atom. The third kappa shape index (κ3) is 3.31. The van der Waals surface area contributed by atoms with E-state index in [0.717, 1.165) is 27.1 Å². The third-order valence-electron chi connectivity index (χ3n) is 4.88. The fraction of sp³-hybridized carbons (Fsp3) is 0.227. The number of thiazole rings is 1. The fourth-order valence-electron chi connectivity index (χ4n) is 3.22. The summed E-state index contributed by atoms with van der Waals surface area (Å²) in [6.07, 6.45) is 3.50. The topological polar surface area (TPSA) is 59.2 Å². The molecule has 28 heavy (non-hydrogen) atoms. The Bertz CT molecular complexity index is 1160. The molecule has 4 rings (SSSR count). The van der Waals surface area contributed by atoms with Gasteiger partial charge in [-0.3, -0.25) is 14.7 Å². The summed E-state index contributed by atoms with van der Waals surface area (Å²) in [5.74, 6) is 1.22. The van der Waals surface area contributed by atoms with Gasteiger partial charge in [0.1, 0.15) is 11.5 Å². The van der Waals surface area contributed by atoms with E-state index in [2.05, 4.69) is 31.0 Å². The second-order valence-electron chi connectivity index (χ2n) is 6.93. The largest absolute Gasteiger partial charge is 0.466 e. The van der Waals surface area contributed by atoms with Gasteiger partial charge in [-0.1, -0.05) is 23.5 Å². The molecule has 0 fully saturated rings. The number of fused-ring (bicyclic) bond motifs is 1. The number of aromatic nitrogens is 2. The second-order valence-corrected chi connectivity index (χ2v) is 7.94. The van der Waals surface area contributed by atoms with Crippen molar-refractivity contribution in [2.45, 2.75) is 34.2 Å². The smallest absolute Gasteiger partial charge is 0.263 e. The zero-order valence-electron chi connectivity index (χ0n) is 16.3. The van der Waals surface area contributed by atoms with Crippen LogP contribution in [0.2, 0.25) is 0 Å². The van der Waals surface area contributed by atoms with Gasteiger partial charge < -0.3 is 4.42 Å². The fourth-order valence-corrected chi connectivity index (χ4v) is 4.24. The molecule has 6 heteroatoms. The Morgan fingerprint density at radius 2 is 2.00 bits per heavy atom. The van der Waals surface area contributed by atoms with Gasteiger partial charge in [0.05, 0.1) is 22.3 Å². The van der Waals surface area contributed by atoms with Gasteiger partial charge in [-0.2, -0.15) is 0 Å². The maximum absolute atomic E-state index is 13.4. The average molecular weight is 391 g/mol. The highest BCUT2D eigenvalue weighted by molar-refractivity contribution is 7.22. The van der Waals surface area contributed by atoms with Crippen LogP contribution < -0.4 is 4.90 Å². The van der Waals surface area contributed by atoms with Crippen molar-refractivity contribution in [3.8, 4) is 0 Å². The van der Waals surface area contributed by atoms with E-state index in [-0.39, 0.29) is 5.91 Å². The maximum Gasteiger partial charge on any atom is 0.263 e. The van der Waals surface area contributed by atoms with Gasteiger partial charge in [-0.25, -0.2) is 4.98 Å². The average Bonchev–Trinajstić information content (AvgIpc) is 3.26. The van der Waals surface area contributed by atoms with Gasteiger partial charge in [0, 0.05) is 12.4 Å². The quantitative estimate of drug-likeness (QED) is 0.469. The van der Waals surface area contributed by atoms with E-state index in [4.69, 9.17) is 9.40 Å². The molecular weight excluding hydrogens is 370 g/mol. The Morgan fingerprint density at radius 1 is 1.18 bits per heavy atom. The second kappa shape index (κ2) is 7.20. The summed E-state index contributed by atoms with van der Waals surface area (Å²) in [5.41, 5.74) is 4.79. The third-order valence-corrected chi connectivity index (χ3v) is 5.93. The van der Waals surface area contributed by atoms with Gasteiger partial charge in [-0.05, 0) is 62.6 Å². The number of furan rings is 1. The molecule has 5 nitrogen and oxygen atoms in total. The molecule has 142 valence electrons. The highest BCUT2D eigenvalue weighted by Gasteiger charge is 2.25. The van der Waals surface area contributed by atoms with E-state index in [1.807, 2.05) is 26.0 Å². The lowest BCUT2D eigenvalue weighted by atomic mass is 10.1. The molecule has 0 saturated heterocycles. The standard InChI is InChI=1S/C22H21N3O2S/c1-13-7-8-19-20(15(13)3)24-22(28-19)25(12-17-6-5-9-23-11-17)21(26)18-10-14(2)27-16(18)4/h5-11H,12H2,1-4H3. The first-order chi connectivity index (χ1) is 13.4. The SMILES string of the molecule is Cc1cc(C(=O)N(Cc2cccnc2)c2nc3c(C)c(C)ccc3s2)c(C)o1. The minimum atomic E-state index is -0.119. The summed E-state index contributed by atoms with van der Waals surface area (Å²) in [5, 5.41) is 0.677. The van der Waals surface area contributed by atoms with Crippen molar-refractivity contribution in [3.63, 3.8) is 0 Å². The number of rotatable bonds is 4. The number of hydrogen-bond donors (Lipinski definition) is 0. The zero-order chi connectivity index (χ0) is 19.8. The van der Waals surface area contributed by atoms with Crippen molar-refractivity contribution < 1.29 is 9.21 Å². The van der Waals surface area contributed by atoms with Crippen molar-refractivity contribution in [2.75, 3.05) is 4.90 Å². The first kappa shape index (κ1) is 18.4.